The third-order valence-electron chi connectivity index (χ3n) is 5.19. The highest BCUT2D eigenvalue weighted by Crippen LogP contribution is 2.55. The quantitative estimate of drug-likeness (QED) is 0.865. The monoisotopic (exact) mass is 270 g/mol. The zero-order valence-corrected chi connectivity index (χ0v) is 11.2. The molecule has 0 aliphatic heterocycles. The van der Waals surface area contributed by atoms with E-state index in [4.69, 9.17) is 5.73 Å². The summed E-state index contributed by atoms with van der Waals surface area (Å²) in [5, 5.41) is 7.34. The molecule has 0 aromatic carbocycles. The lowest BCUT2D eigenvalue weighted by Gasteiger charge is -2.60. The number of carbonyl (C=O) groups is 1. The molecule has 0 saturated heterocycles. The van der Waals surface area contributed by atoms with Crippen LogP contribution in [-0.2, 0) is 0 Å². The number of nitrogens with zero attached hydrogens (tertiary/aromatic N) is 2. The van der Waals surface area contributed by atoms with Crippen molar-refractivity contribution in [2.75, 3.05) is 0 Å². The second-order valence-electron chi connectivity index (χ2n) is 6.04. The van der Waals surface area contributed by atoms with Crippen molar-refractivity contribution in [3.8, 4) is 0 Å². The average molecular weight is 270 g/mol. The maximum absolute atomic E-state index is 12.5. The van der Waals surface area contributed by atoms with E-state index in [1.54, 1.807) is 10.7 Å². The van der Waals surface area contributed by atoms with Crippen molar-refractivity contribution in [3.63, 3.8) is 0 Å². The zero-order valence-electron chi connectivity index (χ0n) is 11.2. The van der Waals surface area contributed by atoms with Crippen LogP contribution in [0.15, 0.2) is 30.6 Å². The predicted octanol–water partition coefficient (Wildman–Crippen LogP) is 1.33. The molecule has 5 nitrogen and oxygen atoms in total. The third-order valence-corrected chi connectivity index (χ3v) is 5.19. The summed E-state index contributed by atoms with van der Waals surface area (Å²) in [5.74, 6) is -0.0146. The second kappa shape index (κ2) is 4.06. The van der Waals surface area contributed by atoms with E-state index >= 15 is 0 Å². The number of aromatic nitrogens is 2. The molecule has 2 aliphatic carbocycles. The van der Waals surface area contributed by atoms with Crippen molar-refractivity contribution in [1.82, 2.24) is 14.9 Å². The number of nitrogens with two attached hydrogens (primary N) is 1. The number of fused-ring (bicyclic) bond motifs is 1. The van der Waals surface area contributed by atoms with Crippen LogP contribution in [0.3, 0.4) is 0 Å². The Bertz CT molecular complexity index is 673. The normalized spacial score (nSPS) is 27.1. The Morgan fingerprint density at radius 3 is 3.00 bits per heavy atom. The molecule has 2 atom stereocenters. The topological polar surface area (TPSA) is 72.4 Å². The molecule has 2 aromatic heterocycles. The van der Waals surface area contributed by atoms with Gasteiger partial charge in [-0.1, -0.05) is 6.42 Å². The van der Waals surface area contributed by atoms with Crippen molar-refractivity contribution in [1.29, 1.82) is 0 Å². The van der Waals surface area contributed by atoms with Crippen LogP contribution < -0.4 is 11.1 Å². The zero-order chi connectivity index (χ0) is 13.7. The highest BCUT2D eigenvalue weighted by molar-refractivity contribution is 6.00. The maximum Gasteiger partial charge on any atom is 0.253 e. The van der Waals surface area contributed by atoms with E-state index in [0.29, 0.717) is 5.56 Å². The third kappa shape index (κ3) is 1.47. The Kier molecular flexibility index (Phi) is 2.41. The molecule has 2 heterocycles. The number of hydrogen-bond acceptors (Lipinski definition) is 3. The Morgan fingerprint density at radius 1 is 1.45 bits per heavy atom. The van der Waals surface area contributed by atoms with Gasteiger partial charge in [0.15, 0.2) is 0 Å². The van der Waals surface area contributed by atoms with Gasteiger partial charge in [0, 0.05) is 23.7 Å². The van der Waals surface area contributed by atoms with Gasteiger partial charge in [-0.2, -0.15) is 5.10 Å². The number of pyridine rings is 1. The van der Waals surface area contributed by atoms with Gasteiger partial charge >= 0.3 is 0 Å². The van der Waals surface area contributed by atoms with Crippen LogP contribution in [-0.4, -0.2) is 27.6 Å². The Morgan fingerprint density at radius 2 is 2.30 bits per heavy atom. The molecule has 2 fully saturated rings. The minimum absolute atomic E-state index is 0.0146. The summed E-state index contributed by atoms with van der Waals surface area (Å²) in [6, 6.07) is 6.05. The Balaban J connectivity index is 1.58. The summed E-state index contributed by atoms with van der Waals surface area (Å²) in [7, 11) is 0. The molecule has 3 N–H and O–H groups in total. The van der Waals surface area contributed by atoms with E-state index in [-0.39, 0.29) is 23.4 Å². The molecule has 2 saturated carbocycles. The number of carbonyl (C=O) groups excluding carboxylic acids is 1. The van der Waals surface area contributed by atoms with Gasteiger partial charge in [-0.25, -0.2) is 4.52 Å². The molecule has 4 rings (SSSR count). The van der Waals surface area contributed by atoms with Crippen molar-refractivity contribution >= 4 is 11.4 Å². The molecule has 2 unspecified atom stereocenters. The molecular formula is C15H18N4O. The van der Waals surface area contributed by atoms with Gasteiger partial charge in [0.05, 0.1) is 17.3 Å². The number of amides is 1. The highest BCUT2D eigenvalue weighted by Gasteiger charge is 2.57. The highest BCUT2D eigenvalue weighted by atomic mass is 16.1. The fraction of sp³-hybridized carbons (Fsp3) is 0.467. The van der Waals surface area contributed by atoms with Crippen LogP contribution in [0.4, 0.5) is 0 Å². The summed E-state index contributed by atoms with van der Waals surface area (Å²) in [4.78, 5) is 12.5. The first-order chi connectivity index (χ1) is 9.71. The molecule has 1 spiro atoms. The number of hydrogen-bond donors (Lipinski definition) is 2. The second-order valence-corrected chi connectivity index (χ2v) is 6.04. The number of nitrogens with one attached hydrogen (secondary N) is 1. The summed E-state index contributed by atoms with van der Waals surface area (Å²) in [6.45, 7) is 0. The van der Waals surface area contributed by atoms with E-state index in [0.717, 1.165) is 24.8 Å². The van der Waals surface area contributed by atoms with Crippen LogP contribution in [0.2, 0.25) is 0 Å². The van der Waals surface area contributed by atoms with E-state index in [1.165, 1.54) is 6.42 Å². The molecule has 20 heavy (non-hydrogen) atoms. The van der Waals surface area contributed by atoms with Crippen LogP contribution >= 0.6 is 0 Å². The van der Waals surface area contributed by atoms with E-state index in [2.05, 4.69) is 10.4 Å². The van der Waals surface area contributed by atoms with Gasteiger partial charge in [-0.3, -0.25) is 4.79 Å². The molecule has 2 aliphatic rings. The lowest BCUT2D eigenvalue weighted by Crippen LogP contribution is -2.69. The summed E-state index contributed by atoms with van der Waals surface area (Å²) >= 11 is 0. The smallest absolute Gasteiger partial charge is 0.253 e. The minimum Gasteiger partial charge on any atom is -0.349 e. The van der Waals surface area contributed by atoms with E-state index in [9.17, 15) is 4.79 Å². The van der Waals surface area contributed by atoms with Crippen LogP contribution in [0.5, 0.6) is 0 Å². The lowest BCUT2D eigenvalue weighted by atomic mass is 9.50. The maximum atomic E-state index is 12.5. The van der Waals surface area contributed by atoms with Gasteiger partial charge in [0.1, 0.15) is 0 Å². The van der Waals surface area contributed by atoms with Crippen molar-refractivity contribution < 1.29 is 4.79 Å². The predicted molar refractivity (Wildman–Crippen MR) is 75.3 cm³/mol. The largest absolute Gasteiger partial charge is 0.349 e. The van der Waals surface area contributed by atoms with Crippen LogP contribution in [0.1, 0.15) is 36.0 Å². The minimum atomic E-state index is -0.0146. The Hall–Kier alpha value is -1.88. The van der Waals surface area contributed by atoms with Crippen LogP contribution in [0, 0.1) is 5.41 Å². The van der Waals surface area contributed by atoms with Gasteiger partial charge in [-0.05, 0) is 37.5 Å². The van der Waals surface area contributed by atoms with Crippen molar-refractivity contribution in [2.45, 2.75) is 37.8 Å². The summed E-state index contributed by atoms with van der Waals surface area (Å²) in [6.07, 6.45) is 7.98. The first-order valence-corrected chi connectivity index (χ1v) is 7.19. The Labute approximate surface area is 117 Å². The van der Waals surface area contributed by atoms with Crippen molar-refractivity contribution in [3.05, 3.63) is 36.2 Å². The molecule has 104 valence electrons. The van der Waals surface area contributed by atoms with E-state index < -0.39 is 0 Å². The summed E-state index contributed by atoms with van der Waals surface area (Å²) < 4.78 is 1.72. The SMILES string of the molecule is NC1CC(NC(=O)c2cccn3nccc23)C12CCC2. The molecule has 1 amide bonds. The fourth-order valence-corrected chi connectivity index (χ4v) is 3.71. The first-order valence-electron chi connectivity index (χ1n) is 7.19. The molecule has 2 aromatic rings. The van der Waals surface area contributed by atoms with Gasteiger partial charge in [0.2, 0.25) is 0 Å². The fourth-order valence-electron chi connectivity index (χ4n) is 3.71. The number of rotatable bonds is 2. The van der Waals surface area contributed by atoms with Crippen LogP contribution in [0.25, 0.3) is 5.52 Å². The lowest BCUT2D eigenvalue weighted by molar-refractivity contribution is -0.0389. The first kappa shape index (κ1) is 11.9. The van der Waals surface area contributed by atoms with Gasteiger partial charge < -0.3 is 11.1 Å². The summed E-state index contributed by atoms with van der Waals surface area (Å²) in [5.41, 5.74) is 7.84. The molecular weight excluding hydrogens is 252 g/mol. The molecule has 0 radical (unpaired) electrons. The van der Waals surface area contributed by atoms with Gasteiger partial charge in [-0.15, -0.1) is 0 Å². The van der Waals surface area contributed by atoms with E-state index in [1.807, 2.05) is 24.4 Å². The van der Waals surface area contributed by atoms with Gasteiger partial charge in [0.25, 0.3) is 5.91 Å². The molecule has 5 heteroatoms. The molecule has 0 bridgehead atoms. The standard InChI is InChI=1S/C15H18N4O/c16-12-9-13(15(12)5-2-6-15)18-14(20)10-3-1-8-19-11(10)4-7-17-19/h1,3-4,7-8,12-13H,2,5-6,9,16H2,(H,18,20). The average Bonchev–Trinajstić information content (AvgIpc) is 2.83. The van der Waals surface area contributed by atoms with Crippen molar-refractivity contribution in [2.24, 2.45) is 11.1 Å².